The molecule has 1 aliphatic heterocycles. The summed E-state index contributed by atoms with van der Waals surface area (Å²) in [6, 6.07) is 6.99. The molecule has 1 amide bonds. The van der Waals surface area contributed by atoms with E-state index in [1.165, 1.54) is 31.4 Å². The monoisotopic (exact) mass is 515 g/mol. The van der Waals surface area contributed by atoms with E-state index in [1.807, 2.05) is 0 Å². The van der Waals surface area contributed by atoms with Crippen LogP contribution in [0.3, 0.4) is 0 Å². The summed E-state index contributed by atoms with van der Waals surface area (Å²) in [5.41, 5.74) is 0.190. The number of esters is 2. The smallest absolute Gasteiger partial charge is 0.343 e. The third-order valence-corrected chi connectivity index (χ3v) is 7.16. The fraction of sp³-hybridized carbons (Fsp3) is 0.286. The van der Waals surface area contributed by atoms with Gasteiger partial charge in [-0.25, -0.2) is 18.0 Å². The summed E-state index contributed by atoms with van der Waals surface area (Å²) >= 11 is 12.0. The van der Waals surface area contributed by atoms with Gasteiger partial charge in [-0.1, -0.05) is 43.1 Å². The molecule has 0 aliphatic carbocycles. The van der Waals surface area contributed by atoms with E-state index in [4.69, 9.17) is 32.7 Å². The Balaban J connectivity index is 1.92. The van der Waals surface area contributed by atoms with Crippen LogP contribution in [0.4, 0.5) is 0 Å². The van der Waals surface area contributed by atoms with Crippen molar-refractivity contribution in [2.24, 2.45) is 0 Å². The molecule has 0 N–H and O–H groups in total. The molecule has 0 aromatic heterocycles. The number of hydrogen-bond donors (Lipinski definition) is 0. The second kappa shape index (κ2) is 9.58. The molecule has 0 atom stereocenters. The van der Waals surface area contributed by atoms with Crippen LogP contribution in [0.1, 0.15) is 46.0 Å². The molecule has 0 fully saturated rings. The number of carbonyl (C=O) groups excluding carboxylic acids is 3. The van der Waals surface area contributed by atoms with Crippen LogP contribution in [0.5, 0.6) is 5.75 Å². The van der Waals surface area contributed by atoms with Crippen LogP contribution in [-0.4, -0.2) is 51.0 Å². The van der Waals surface area contributed by atoms with Crippen molar-refractivity contribution in [3.63, 3.8) is 0 Å². The van der Waals surface area contributed by atoms with Crippen molar-refractivity contribution in [1.29, 1.82) is 0 Å². The maximum Gasteiger partial charge on any atom is 0.343 e. The number of rotatable bonds is 7. The van der Waals surface area contributed by atoms with Crippen molar-refractivity contribution in [2.45, 2.75) is 24.7 Å². The second-order valence-electron chi connectivity index (χ2n) is 7.22. The lowest BCUT2D eigenvalue weighted by Gasteiger charge is -2.16. The van der Waals surface area contributed by atoms with Gasteiger partial charge in [0.1, 0.15) is 10.6 Å². The van der Waals surface area contributed by atoms with Crippen molar-refractivity contribution >= 4 is 51.1 Å². The molecule has 12 heteroatoms. The first kappa shape index (κ1) is 24.8. The van der Waals surface area contributed by atoms with Gasteiger partial charge in [0.2, 0.25) is 0 Å². The van der Waals surface area contributed by atoms with Crippen LogP contribution < -0.4 is 4.74 Å². The summed E-state index contributed by atoms with van der Waals surface area (Å²) < 4.78 is 41.6. The van der Waals surface area contributed by atoms with Gasteiger partial charge in [0.05, 0.1) is 28.3 Å². The van der Waals surface area contributed by atoms with Gasteiger partial charge in [0.15, 0.2) is 13.3 Å². The molecule has 3 rings (SSSR count). The number of hydrogen-bond acceptors (Lipinski definition) is 8. The lowest BCUT2D eigenvalue weighted by molar-refractivity contribution is -0.142. The van der Waals surface area contributed by atoms with Crippen molar-refractivity contribution in [3.8, 4) is 5.75 Å². The van der Waals surface area contributed by atoms with E-state index in [0.717, 1.165) is 6.07 Å². The van der Waals surface area contributed by atoms with Crippen LogP contribution in [0.15, 0.2) is 35.2 Å². The van der Waals surface area contributed by atoms with Crippen molar-refractivity contribution in [3.05, 3.63) is 57.1 Å². The third kappa shape index (κ3) is 4.78. The number of fused-ring (bicyclic) bond motifs is 1. The van der Waals surface area contributed by atoms with Gasteiger partial charge < -0.3 is 14.2 Å². The fourth-order valence-corrected chi connectivity index (χ4v) is 5.16. The average Bonchev–Trinajstić information content (AvgIpc) is 2.94. The Morgan fingerprint density at radius 2 is 1.76 bits per heavy atom. The molecular weight excluding hydrogens is 497 g/mol. The molecule has 2 aromatic rings. The lowest BCUT2D eigenvalue weighted by Crippen LogP contribution is -2.33. The van der Waals surface area contributed by atoms with Gasteiger partial charge in [-0.3, -0.25) is 4.79 Å². The van der Waals surface area contributed by atoms with Crippen molar-refractivity contribution in [1.82, 2.24) is 4.31 Å². The van der Waals surface area contributed by atoms with Crippen molar-refractivity contribution in [2.75, 3.05) is 20.4 Å². The van der Waals surface area contributed by atoms with E-state index in [-0.39, 0.29) is 37.7 Å². The number of nitrogens with zero attached hydrogens (tertiary/aromatic N) is 1. The summed E-state index contributed by atoms with van der Waals surface area (Å²) in [4.78, 5) is 36.6. The minimum Gasteiger partial charge on any atom is -0.482 e. The molecule has 0 spiro atoms. The van der Waals surface area contributed by atoms with Gasteiger partial charge in [-0.15, -0.1) is 0 Å². The summed E-state index contributed by atoms with van der Waals surface area (Å²) in [5.74, 6) is -2.70. The highest BCUT2D eigenvalue weighted by Gasteiger charge is 2.44. The lowest BCUT2D eigenvalue weighted by atomic mass is 9.96. The largest absolute Gasteiger partial charge is 0.482 e. The minimum absolute atomic E-state index is 0.0147. The predicted octanol–water partition coefficient (Wildman–Crippen LogP) is 3.63. The molecule has 9 nitrogen and oxygen atoms in total. The average molecular weight is 516 g/mol. The van der Waals surface area contributed by atoms with Gasteiger partial charge in [-0.05, 0) is 29.7 Å². The van der Waals surface area contributed by atoms with E-state index in [2.05, 4.69) is 4.74 Å². The first-order valence-electron chi connectivity index (χ1n) is 9.54. The first-order chi connectivity index (χ1) is 15.5. The maximum atomic E-state index is 13.1. The van der Waals surface area contributed by atoms with E-state index in [1.54, 1.807) is 13.8 Å². The predicted molar refractivity (Wildman–Crippen MR) is 118 cm³/mol. The maximum absolute atomic E-state index is 13.1. The Morgan fingerprint density at radius 1 is 1.12 bits per heavy atom. The molecule has 0 unspecified atom stereocenters. The Morgan fingerprint density at radius 3 is 2.33 bits per heavy atom. The number of amides is 1. The van der Waals surface area contributed by atoms with Crippen LogP contribution in [0.2, 0.25) is 10.0 Å². The Hall–Kier alpha value is -2.82. The highest BCUT2D eigenvalue weighted by Crippen LogP contribution is 2.38. The quantitative estimate of drug-likeness (QED) is 0.513. The Labute approximate surface area is 200 Å². The zero-order valence-electron chi connectivity index (χ0n) is 17.8. The summed E-state index contributed by atoms with van der Waals surface area (Å²) in [5, 5.41) is 0.0294. The highest BCUT2D eigenvalue weighted by molar-refractivity contribution is 7.90. The summed E-state index contributed by atoms with van der Waals surface area (Å²) in [7, 11) is -3.19. The van der Waals surface area contributed by atoms with Gasteiger partial charge in [0.25, 0.3) is 15.9 Å². The Kier molecular flexibility index (Phi) is 7.20. The molecule has 1 aliphatic rings. The molecular formula is C21H19Cl2NO8S. The SMILES string of the molecule is COC(=O)COc1cc(C(C)C)c2c(c1)S(=O)(=O)N(COC(=O)c1c(Cl)cccc1Cl)C2=O. The van der Waals surface area contributed by atoms with Crippen LogP contribution in [-0.2, 0) is 24.3 Å². The van der Waals surface area contributed by atoms with Crippen LogP contribution in [0.25, 0.3) is 0 Å². The zero-order valence-corrected chi connectivity index (χ0v) is 20.1. The van der Waals surface area contributed by atoms with E-state index >= 15 is 0 Å². The van der Waals surface area contributed by atoms with E-state index in [0.29, 0.717) is 9.87 Å². The molecule has 0 radical (unpaired) electrons. The molecule has 0 bridgehead atoms. The molecule has 1 heterocycles. The van der Waals surface area contributed by atoms with Crippen LogP contribution in [0, 0.1) is 0 Å². The number of halogens is 2. The zero-order chi connectivity index (χ0) is 24.5. The van der Waals surface area contributed by atoms with Gasteiger partial charge in [-0.2, -0.15) is 4.31 Å². The van der Waals surface area contributed by atoms with Crippen molar-refractivity contribution < 1.29 is 37.0 Å². The summed E-state index contributed by atoms with van der Waals surface area (Å²) in [6.07, 6.45) is 0. The van der Waals surface area contributed by atoms with Gasteiger partial charge >= 0.3 is 11.9 Å². The summed E-state index contributed by atoms with van der Waals surface area (Å²) in [6.45, 7) is 2.20. The minimum atomic E-state index is -4.37. The Bertz CT molecular complexity index is 1220. The fourth-order valence-electron chi connectivity index (χ4n) is 3.15. The number of methoxy groups -OCH3 is 1. The number of sulfonamides is 1. The molecule has 0 saturated carbocycles. The topological polar surface area (TPSA) is 116 Å². The normalized spacial score (nSPS) is 14.2. The molecule has 176 valence electrons. The molecule has 2 aromatic carbocycles. The number of carbonyl (C=O) groups is 3. The van der Waals surface area contributed by atoms with E-state index < -0.39 is 41.2 Å². The molecule has 0 saturated heterocycles. The number of benzene rings is 2. The van der Waals surface area contributed by atoms with Gasteiger partial charge in [0, 0.05) is 6.07 Å². The van der Waals surface area contributed by atoms with Crippen LogP contribution >= 0.6 is 23.2 Å². The van der Waals surface area contributed by atoms with E-state index in [9.17, 15) is 22.8 Å². The molecule has 33 heavy (non-hydrogen) atoms. The second-order valence-corrected chi connectivity index (χ2v) is 9.87. The highest BCUT2D eigenvalue weighted by atomic mass is 35.5. The third-order valence-electron chi connectivity index (χ3n) is 4.80. The number of ether oxygens (including phenoxy) is 3. The first-order valence-corrected chi connectivity index (χ1v) is 11.7. The standard InChI is InChI=1S/C21H19Cl2NO8S/c1-11(2)13-7-12(31-9-17(25)30-3)8-16-18(13)20(26)24(33(16,28)29)10-32-21(27)19-14(22)5-4-6-15(19)23/h4-8,11H,9-10H2,1-3H3.